The molecule has 118 valence electrons. The van der Waals surface area contributed by atoms with Crippen LogP contribution in [0.5, 0.6) is 0 Å². The number of benzene rings is 1. The molecule has 1 saturated heterocycles. The molecule has 1 aliphatic heterocycles. The molecule has 1 atom stereocenters. The van der Waals surface area contributed by atoms with Crippen LogP contribution in [0.3, 0.4) is 0 Å². The van der Waals surface area contributed by atoms with Crippen LogP contribution in [0.4, 0.5) is 8.78 Å². The van der Waals surface area contributed by atoms with Crippen molar-refractivity contribution in [2.75, 3.05) is 19.6 Å². The maximum Gasteiger partial charge on any atom is 0.159 e. The average molecular weight is 307 g/mol. The number of aryl methyl sites for hydroxylation is 2. The first-order valence-electron chi connectivity index (χ1n) is 7.32. The highest BCUT2D eigenvalue weighted by Gasteiger charge is 2.31. The molecule has 1 aromatic heterocycles. The van der Waals surface area contributed by atoms with E-state index in [1.807, 2.05) is 24.6 Å². The highest BCUT2D eigenvalue weighted by molar-refractivity contribution is 5.20. The van der Waals surface area contributed by atoms with Gasteiger partial charge in [0.25, 0.3) is 0 Å². The molecule has 3 rings (SSSR count). The summed E-state index contributed by atoms with van der Waals surface area (Å²) in [5, 5.41) is 14.6. The van der Waals surface area contributed by atoms with E-state index in [2.05, 4.69) is 10.00 Å². The van der Waals surface area contributed by atoms with Crippen LogP contribution in [-0.4, -0.2) is 39.4 Å². The van der Waals surface area contributed by atoms with Gasteiger partial charge in [-0.25, -0.2) is 8.78 Å². The summed E-state index contributed by atoms with van der Waals surface area (Å²) in [5.74, 6) is -1.83. The predicted octanol–water partition coefficient (Wildman–Crippen LogP) is 2.37. The maximum absolute atomic E-state index is 13.2. The zero-order valence-electron chi connectivity index (χ0n) is 12.6. The number of β-amino-alcohol motifs (C(OH)–C–C–N with tert-alkyl or cyclic N) is 1. The fourth-order valence-electron chi connectivity index (χ4n) is 2.93. The van der Waals surface area contributed by atoms with Gasteiger partial charge in [-0.15, -0.1) is 0 Å². The number of halogens is 2. The first kappa shape index (κ1) is 15.1. The van der Waals surface area contributed by atoms with Gasteiger partial charge in [0.05, 0.1) is 17.8 Å². The van der Waals surface area contributed by atoms with E-state index in [0.717, 1.165) is 36.6 Å². The molecule has 0 spiro atoms. The van der Waals surface area contributed by atoms with Gasteiger partial charge < -0.3 is 5.11 Å². The lowest BCUT2D eigenvalue weighted by Crippen LogP contribution is -2.49. The topological polar surface area (TPSA) is 41.3 Å². The molecule has 1 N–H and O–H groups in total. The zero-order valence-corrected chi connectivity index (χ0v) is 12.6. The number of aliphatic hydroxyl groups excluding tert-OH is 1. The van der Waals surface area contributed by atoms with Crippen molar-refractivity contribution in [2.24, 2.45) is 0 Å². The molecule has 0 aliphatic carbocycles. The van der Waals surface area contributed by atoms with E-state index in [1.165, 1.54) is 6.07 Å². The molecule has 2 heterocycles. The summed E-state index contributed by atoms with van der Waals surface area (Å²) in [6, 6.07) is 5.87. The van der Waals surface area contributed by atoms with Crippen LogP contribution in [0.25, 0.3) is 0 Å². The van der Waals surface area contributed by atoms with Gasteiger partial charge in [0.2, 0.25) is 0 Å². The van der Waals surface area contributed by atoms with Crippen LogP contribution in [0, 0.1) is 25.5 Å². The Morgan fingerprint density at radius 2 is 1.95 bits per heavy atom. The Morgan fingerprint density at radius 3 is 2.55 bits per heavy atom. The van der Waals surface area contributed by atoms with E-state index in [4.69, 9.17) is 0 Å². The lowest BCUT2D eigenvalue weighted by atomic mass is 10.0. The number of likely N-dealkylation sites (tertiary alicyclic amines) is 1. The second-order valence-electron chi connectivity index (χ2n) is 5.93. The number of hydrogen-bond donors (Lipinski definition) is 1. The molecule has 22 heavy (non-hydrogen) atoms. The Balaban J connectivity index is 1.57. The smallest absolute Gasteiger partial charge is 0.159 e. The third-order valence-electron chi connectivity index (χ3n) is 4.09. The normalized spacial score (nSPS) is 17.5. The molecule has 0 saturated carbocycles. The molecule has 1 aromatic carbocycles. The van der Waals surface area contributed by atoms with Crippen molar-refractivity contribution < 1.29 is 13.9 Å². The molecule has 0 bridgehead atoms. The van der Waals surface area contributed by atoms with Gasteiger partial charge in [0.1, 0.15) is 0 Å². The Bertz CT molecular complexity index is 680. The number of aromatic nitrogens is 2. The molecular formula is C16H19F2N3O. The van der Waals surface area contributed by atoms with Crippen LogP contribution in [0.2, 0.25) is 0 Å². The fourth-order valence-corrected chi connectivity index (χ4v) is 2.93. The summed E-state index contributed by atoms with van der Waals surface area (Å²) < 4.78 is 28.1. The van der Waals surface area contributed by atoms with Crippen molar-refractivity contribution in [3.8, 4) is 0 Å². The minimum atomic E-state index is -0.930. The SMILES string of the molecule is Cc1cc(C)n(C2CN(CC(O)c3ccc(F)c(F)c3)C2)n1. The van der Waals surface area contributed by atoms with Crippen molar-refractivity contribution in [3.05, 3.63) is 52.9 Å². The summed E-state index contributed by atoms with van der Waals surface area (Å²) in [7, 11) is 0. The van der Waals surface area contributed by atoms with Crippen molar-refractivity contribution >= 4 is 0 Å². The van der Waals surface area contributed by atoms with Gasteiger partial charge >= 0.3 is 0 Å². The summed E-state index contributed by atoms with van der Waals surface area (Å²) in [4.78, 5) is 2.08. The summed E-state index contributed by atoms with van der Waals surface area (Å²) in [5.41, 5.74) is 2.52. The lowest BCUT2D eigenvalue weighted by molar-refractivity contribution is 0.0392. The van der Waals surface area contributed by atoms with Crippen molar-refractivity contribution in [1.29, 1.82) is 0 Å². The molecule has 0 radical (unpaired) electrons. The third-order valence-corrected chi connectivity index (χ3v) is 4.09. The van der Waals surface area contributed by atoms with Gasteiger partial charge in [0.15, 0.2) is 11.6 Å². The largest absolute Gasteiger partial charge is 0.387 e. The zero-order chi connectivity index (χ0) is 15.9. The van der Waals surface area contributed by atoms with Gasteiger partial charge in [-0.3, -0.25) is 9.58 Å². The third kappa shape index (κ3) is 2.89. The molecule has 1 fully saturated rings. The minimum Gasteiger partial charge on any atom is -0.387 e. The predicted molar refractivity (Wildman–Crippen MR) is 78.5 cm³/mol. The van der Waals surface area contributed by atoms with Crippen molar-refractivity contribution in [2.45, 2.75) is 26.0 Å². The van der Waals surface area contributed by atoms with E-state index in [-0.39, 0.29) is 0 Å². The molecule has 2 aromatic rings. The van der Waals surface area contributed by atoms with Crippen LogP contribution < -0.4 is 0 Å². The summed E-state index contributed by atoms with van der Waals surface area (Å²) >= 11 is 0. The standard InChI is InChI=1S/C16H19F2N3O/c1-10-5-11(2)21(19-10)13-7-20(8-13)9-16(22)12-3-4-14(17)15(18)6-12/h3-6,13,16,22H,7-9H2,1-2H3. The first-order valence-corrected chi connectivity index (χ1v) is 7.32. The van der Waals surface area contributed by atoms with Crippen LogP contribution >= 0.6 is 0 Å². The Morgan fingerprint density at radius 1 is 1.23 bits per heavy atom. The molecule has 1 aliphatic rings. The second kappa shape index (κ2) is 5.78. The van der Waals surface area contributed by atoms with Crippen LogP contribution in [0.15, 0.2) is 24.3 Å². The van der Waals surface area contributed by atoms with E-state index in [0.29, 0.717) is 18.2 Å². The van der Waals surface area contributed by atoms with Gasteiger partial charge in [0, 0.05) is 25.3 Å². The van der Waals surface area contributed by atoms with E-state index < -0.39 is 17.7 Å². The highest BCUT2D eigenvalue weighted by Crippen LogP contribution is 2.26. The van der Waals surface area contributed by atoms with E-state index in [9.17, 15) is 13.9 Å². The minimum absolute atomic E-state index is 0.311. The molecular weight excluding hydrogens is 288 g/mol. The van der Waals surface area contributed by atoms with Gasteiger partial charge in [-0.05, 0) is 37.6 Å². The van der Waals surface area contributed by atoms with Crippen molar-refractivity contribution in [1.82, 2.24) is 14.7 Å². The maximum atomic E-state index is 13.2. The van der Waals surface area contributed by atoms with Crippen molar-refractivity contribution in [3.63, 3.8) is 0 Å². The van der Waals surface area contributed by atoms with Crippen LogP contribution in [-0.2, 0) is 0 Å². The van der Waals surface area contributed by atoms with Gasteiger partial charge in [-0.1, -0.05) is 6.07 Å². The fraction of sp³-hybridized carbons (Fsp3) is 0.438. The Hall–Kier alpha value is -1.79. The molecule has 1 unspecified atom stereocenters. The molecule has 4 nitrogen and oxygen atoms in total. The number of nitrogens with zero attached hydrogens (tertiary/aromatic N) is 3. The lowest BCUT2D eigenvalue weighted by Gasteiger charge is -2.40. The highest BCUT2D eigenvalue weighted by atomic mass is 19.2. The van der Waals surface area contributed by atoms with E-state index >= 15 is 0 Å². The molecule has 0 amide bonds. The van der Waals surface area contributed by atoms with Crippen LogP contribution in [0.1, 0.15) is 29.1 Å². The summed E-state index contributed by atoms with van der Waals surface area (Å²) in [6.45, 7) is 5.98. The Kier molecular flexibility index (Phi) is 3.97. The number of rotatable bonds is 4. The Labute approximate surface area is 128 Å². The number of hydrogen-bond acceptors (Lipinski definition) is 3. The molecule has 6 heteroatoms. The average Bonchev–Trinajstić information content (AvgIpc) is 2.75. The van der Waals surface area contributed by atoms with Gasteiger partial charge in [-0.2, -0.15) is 5.10 Å². The second-order valence-corrected chi connectivity index (χ2v) is 5.93. The monoisotopic (exact) mass is 307 g/mol. The van der Waals surface area contributed by atoms with E-state index in [1.54, 1.807) is 0 Å². The first-order chi connectivity index (χ1) is 10.4. The number of aliphatic hydroxyl groups is 1. The summed E-state index contributed by atoms with van der Waals surface area (Å²) in [6.07, 6.45) is -0.823. The quantitative estimate of drug-likeness (QED) is 0.943.